The van der Waals surface area contributed by atoms with E-state index >= 15 is 0 Å². The molecule has 0 saturated heterocycles. The molecule has 2 rings (SSSR count). The van der Waals surface area contributed by atoms with Crippen molar-refractivity contribution in [3.8, 4) is 0 Å². The molecular weight excluding hydrogens is 360 g/mol. The fourth-order valence-electron chi connectivity index (χ4n) is 1.84. The van der Waals surface area contributed by atoms with Crippen molar-refractivity contribution in [3.63, 3.8) is 0 Å². The van der Waals surface area contributed by atoms with Gasteiger partial charge in [0.2, 0.25) is 10.0 Å². The number of sulfonamides is 1. The average molecular weight is 381 g/mol. The second kappa shape index (κ2) is 6.44. The van der Waals surface area contributed by atoms with Crippen molar-refractivity contribution in [2.75, 3.05) is 7.05 Å². The molecule has 7 heteroatoms. The second-order valence-corrected chi connectivity index (χ2v) is 9.70. The van der Waals surface area contributed by atoms with Gasteiger partial charge in [-0.15, -0.1) is 11.3 Å². The summed E-state index contributed by atoms with van der Waals surface area (Å²) >= 11 is 4.90. The molecule has 1 saturated carbocycles. The molecule has 1 aromatic rings. The molecule has 0 radical (unpaired) electrons. The molecule has 0 aromatic carbocycles. The van der Waals surface area contributed by atoms with Crippen molar-refractivity contribution in [3.05, 3.63) is 14.7 Å². The van der Waals surface area contributed by atoms with Gasteiger partial charge in [-0.25, -0.2) is 8.42 Å². The van der Waals surface area contributed by atoms with Crippen molar-refractivity contribution < 1.29 is 8.42 Å². The zero-order chi connectivity index (χ0) is 14.9. The van der Waals surface area contributed by atoms with Gasteiger partial charge >= 0.3 is 0 Å². The van der Waals surface area contributed by atoms with E-state index in [1.807, 2.05) is 13.8 Å². The van der Waals surface area contributed by atoms with Crippen molar-refractivity contribution in [2.24, 2.45) is 0 Å². The third kappa shape index (κ3) is 3.62. The third-order valence-electron chi connectivity index (χ3n) is 3.72. The number of halogens is 1. The Labute approximate surface area is 133 Å². The number of rotatable bonds is 7. The molecule has 1 aliphatic rings. The molecule has 4 nitrogen and oxygen atoms in total. The van der Waals surface area contributed by atoms with Gasteiger partial charge in [0.1, 0.15) is 4.90 Å². The maximum Gasteiger partial charge on any atom is 0.245 e. The maximum atomic E-state index is 12.6. The summed E-state index contributed by atoms with van der Waals surface area (Å²) in [4.78, 5) is 1.44. The van der Waals surface area contributed by atoms with E-state index < -0.39 is 10.0 Å². The lowest BCUT2D eigenvalue weighted by Crippen LogP contribution is -2.34. The quantitative estimate of drug-likeness (QED) is 0.789. The summed E-state index contributed by atoms with van der Waals surface area (Å²) in [5.41, 5.74) is 0. The standard InChI is InChI=1S/C13H21BrN2O2S2/c1-4-9(2)16(3)20(17,18)12-7-11(19-13(12)14)8-15-10-5-6-10/h7,9-10,15H,4-6,8H2,1-3H3. The van der Waals surface area contributed by atoms with E-state index in [1.165, 1.54) is 28.5 Å². The Morgan fingerprint density at radius 1 is 1.55 bits per heavy atom. The summed E-state index contributed by atoms with van der Waals surface area (Å²) in [6, 6.07) is 2.41. The lowest BCUT2D eigenvalue weighted by atomic mass is 10.3. The van der Waals surface area contributed by atoms with Crippen LogP contribution in [0, 0.1) is 0 Å². The van der Waals surface area contributed by atoms with Crippen LogP contribution >= 0.6 is 27.3 Å². The molecule has 0 spiro atoms. The highest BCUT2D eigenvalue weighted by molar-refractivity contribution is 9.11. The predicted molar refractivity (Wildman–Crippen MR) is 86.6 cm³/mol. The van der Waals surface area contributed by atoms with Crippen LogP contribution in [0.3, 0.4) is 0 Å². The fourth-order valence-corrected chi connectivity index (χ4v) is 5.86. The molecule has 0 aliphatic heterocycles. The van der Waals surface area contributed by atoms with E-state index in [2.05, 4.69) is 21.2 Å². The molecule has 0 amide bonds. The average Bonchev–Trinajstić information content (AvgIpc) is 3.16. The summed E-state index contributed by atoms with van der Waals surface area (Å²) in [7, 11) is -1.77. The van der Waals surface area contributed by atoms with E-state index in [0.29, 0.717) is 14.7 Å². The van der Waals surface area contributed by atoms with Gasteiger partial charge in [0.25, 0.3) is 0 Å². The molecule has 114 valence electrons. The number of nitrogens with zero attached hydrogens (tertiary/aromatic N) is 1. The van der Waals surface area contributed by atoms with Crippen LogP contribution in [0.2, 0.25) is 0 Å². The molecule has 1 aliphatic carbocycles. The Balaban J connectivity index is 2.17. The topological polar surface area (TPSA) is 49.4 Å². The van der Waals surface area contributed by atoms with E-state index in [1.54, 1.807) is 13.1 Å². The van der Waals surface area contributed by atoms with Crippen LogP contribution in [0.4, 0.5) is 0 Å². The van der Waals surface area contributed by atoms with Crippen LogP contribution in [0.15, 0.2) is 14.7 Å². The molecule has 1 N–H and O–H groups in total. The van der Waals surface area contributed by atoms with Gasteiger partial charge in [-0.1, -0.05) is 6.92 Å². The fraction of sp³-hybridized carbons (Fsp3) is 0.692. The number of nitrogens with one attached hydrogen (secondary N) is 1. The lowest BCUT2D eigenvalue weighted by Gasteiger charge is -2.22. The summed E-state index contributed by atoms with van der Waals surface area (Å²) in [6.07, 6.45) is 3.26. The van der Waals surface area contributed by atoms with Crippen LogP contribution < -0.4 is 5.32 Å². The van der Waals surface area contributed by atoms with Gasteiger partial charge < -0.3 is 5.32 Å². The molecule has 1 unspecified atom stereocenters. The monoisotopic (exact) mass is 380 g/mol. The molecular formula is C13H21BrN2O2S2. The molecule has 0 bridgehead atoms. The molecule has 1 heterocycles. The Morgan fingerprint density at radius 2 is 2.20 bits per heavy atom. The molecule has 1 fully saturated rings. The lowest BCUT2D eigenvalue weighted by molar-refractivity contribution is 0.380. The third-order valence-corrected chi connectivity index (χ3v) is 7.94. The van der Waals surface area contributed by atoms with E-state index in [9.17, 15) is 8.42 Å². The first-order valence-corrected chi connectivity index (χ1v) is 9.90. The van der Waals surface area contributed by atoms with E-state index in [0.717, 1.165) is 17.8 Å². The van der Waals surface area contributed by atoms with Crippen molar-refractivity contribution >= 4 is 37.3 Å². The van der Waals surface area contributed by atoms with Gasteiger partial charge in [0.05, 0.1) is 3.79 Å². The Kier molecular flexibility index (Phi) is 5.29. The number of hydrogen-bond acceptors (Lipinski definition) is 4. The van der Waals surface area contributed by atoms with Crippen LogP contribution in [-0.4, -0.2) is 31.9 Å². The highest BCUT2D eigenvalue weighted by atomic mass is 79.9. The normalized spacial score (nSPS) is 17.6. The SMILES string of the molecule is CCC(C)N(C)S(=O)(=O)c1cc(CNC2CC2)sc1Br. The summed E-state index contributed by atoms with van der Waals surface area (Å²) in [5.74, 6) is 0. The summed E-state index contributed by atoms with van der Waals surface area (Å²) in [5, 5.41) is 3.41. The van der Waals surface area contributed by atoms with Gasteiger partial charge in [-0.2, -0.15) is 4.31 Å². The van der Waals surface area contributed by atoms with Gasteiger partial charge in [0.15, 0.2) is 0 Å². The van der Waals surface area contributed by atoms with Crippen molar-refractivity contribution in [1.82, 2.24) is 9.62 Å². The molecule has 20 heavy (non-hydrogen) atoms. The Hall–Kier alpha value is 0.0500. The van der Waals surface area contributed by atoms with Gasteiger partial charge in [-0.3, -0.25) is 0 Å². The smallest absolute Gasteiger partial charge is 0.245 e. The maximum absolute atomic E-state index is 12.6. The minimum absolute atomic E-state index is 0.000149. The number of hydrogen-bond donors (Lipinski definition) is 1. The van der Waals surface area contributed by atoms with Crippen LogP contribution in [0.1, 0.15) is 38.0 Å². The van der Waals surface area contributed by atoms with E-state index in [4.69, 9.17) is 0 Å². The second-order valence-electron chi connectivity index (χ2n) is 5.28. The zero-order valence-electron chi connectivity index (χ0n) is 12.0. The first-order chi connectivity index (χ1) is 9.36. The zero-order valence-corrected chi connectivity index (χ0v) is 15.2. The summed E-state index contributed by atoms with van der Waals surface area (Å²) < 4.78 is 27.3. The highest BCUT2D eigenvalue weighted by Gasteiger charge is 2.28. The largest absolute Gasteiger partial charge is 0.309 e. The van der Waals surface area contributed by atoms with Gasteiger partial charge in [0, 0.05) is 30.6 Å². The first kappa shape index (κ1) is 16.4. The molecule has 1 atom stereocenters. The molecule has 1 aromatic heterocycles. The predicted octanol–water partition coefficient (Wildman–Crippen LogP) is 3.18. The van der Waals surface area contributed by atoms with Crippen LogP contribution in [0.25, 0.3) is 0 Å². The Bertz CT molecular complexity index is 567. The Morgan fingerprint density at radius 3 is 2.75 bits per heavy atom. The number of thiophene rings is 1. The van der Waals surface area contributed by atoms with Gasteiger partial charge in [-0.05, 0) is 48.2 Å². The van der Waals surface area contributed by atoms with Crippen LogP contribution in [-0.2, 0) is 16.6 Å². The van der Waals surface area contributed by atoms with E-state index in [-0.39, 0.29) is 6.04 Å². The highest BCUT2D eigenvalue weighted by Crippen LogP contribution is 2.34. The van der Waals surface area contributed by atoms with Crippen molar-refractivity contribution in [1.29, 1.82) is 0 Å². The minimum atomic E-state index is -3.41. The van der Waals surface area contributed by atoms with Crippen molar-refractivity contribution in [2.45, 2.75) is 56.6 Å². The minimum Gasteiger partial charge on any atom is -0.309 e. The summed E-state index contributed by atoms with van der Waals surface area (Å²) in [6.45, 7) is 4.66. The first-order valence-electron chi connectivity index (χ1n) is 6.86. The van der Waals surface area contributed by atoms with Crippen LogP contribution in [0.5, 0.6) is 0 Å².